The highest BCUT2D eigenvalue weighted by atomic mass is 16.5. The lowest BCUT2D eigenvalue weighted by Crippen LogP contribution is -2.24. The quantitative estimate of drug-likeness (QED) is 0.338. The van der Waals surface area contributed by atoms with Crippen molar-refractivity contribution in [3.8, 4) is 5.75 Å². The van der Waals surface area contributed by atoms with Crippen molar-refractivity contribution in [1.29, 1.82) is 0 Å². The molecule has 0 spiro atoms. The van der Waals surface area contributed by atoms with Gasteiger partial charge in [-0.1, -0.05) is 17.3 Å². The van der Waals surface area contributed by atoms with Crippen LogP contribution >= 0.6 is 0 Å². The van der Waals surface area contributed by atoms with Gasteiger partial charge in [0.05, 0.1) is 7.11 Å². The van der Waals surface area contributed by atoms with E-state index in [4.69, 9.17) is 15.7 Å². The van der Waals surface area contributed by atoms with Crippen LogP contribution in [0.2, 0.25) is 0 Å². The van der Waals surface area contributed by atoms with E-state index in [0.717, 1.165) is 18.8 Å². The van der Waals surface area contributed by atoms with Gasteiger partial charge >= 0.3 is 0 Å². The molecule has 17 heavy (non-hydrogen) atoms. The van der Waals surface area contributed by atoms with Gasteiger partial charge < -0.3 is 20.6 Å². The minimum atomic E-state index is 0.252. The molecule has 0 aromatic heterocycles. The van der Waals surface area contributed by atoms with Crippen LogP contribution in [0.15, 0.2) is 29.4 Å². The van der Waals surface area contributed by atoms with Gasteiger partial charge in [0.25, 0.3) is 0 Å². The van der Waals surface area contributed by atoms with Crippen molar-refractivity contribution in [2.45, 2.75) is 13.0 Å². The molecule has 1 aromatic carbocycles. The Labute approximate surface area is 101 Å². The summed E-state index contributed by atoms with van der Waals surface area (Å²) in [6.07, 6.45) is 0.553. The zero-order valence-corrected chi connectivity index (χ0v) is 10.3. The molecule has 0 saturated carbocycles. The molecule has 0 radical (unpaired) electrons. The van der Waals surface area contributed by atoms with Gasteiger partial charge in [-0.3, -0.25) is 0 Å². The average molecular weight is 237 g/mol. The summed E-state index contributed by atoms with van der Waals surface area (Å²) < 4.78 is 5.16. The van der Waals surface area contributed by atoms with E-state index < -0.39 is 0 Å². The van der Waals surface area contributed by atoms with E-state index in [1.54, 1.807) is 7.11 Å². The van der Waals surface area contributed by atoms with E-state index in [9.17, 15) is 0 Å². The van der Waals surface area contributed by atoms with Gasteiger partial charge in [0.2, 0.25) is 0 Å². The Kier molecular flexibility index (Phi) is 5.29. The van der Waals surface area contributed by atoms with Gasteiger partial charge in [-0.05, 0) is 24.7 Å². The van der Waals surface area contributed by atoms with E-state index in [-0.39, 0.29) is 5.84 Å². The summed E-state index contributed by atoms with van der Waals surface area (Å²) in [5, 5.41) is 11.4. The lowest BCUT2D eigenvalue weighted by atomic mass is 10.2. The molecule has 0 saturated heterocycles. The van der Waals surface area contributed by atoms with Crippen LogP contribution in [0.25, 0.3) is 0 Å². The van der Waals surface area contributed by atoms with Crippen molar-refractivity contribution in [1.82, 2.24) is 4.90 Å². The smallest absolute Gasteiger partial charge is 0.140 e. The standard InChI is InChI=1S/C12H19N3O2/c1-15(7-6-12(13)14-16)9-10-4-3-5-11(8-10)17-2/h3-5,8,16H,6-7,9H2,1-2H3,(H2,13,14). The van der Waals surface area contributed by atoms with Crippen molar-refractivity contribution >= 4 is 5.84 Å². The van der Waals surface area contributed by atoms with Crippen LogP contribution in [0.1, 0.15) is 12.0 Å². The molecule has 5 heteroatoms. The van der Waals surface area contributed by atoms with Gasteiger partial charge in [-0.2, -0.15) is 0 Å². The minimum absolute atomic E-state index is 0.252. The molecule has 0 fully saturated rings. The number of oxime groups is 1. The van der Waals surface area contributed by atoms with Crippen LogP contribution in [-0.4, -0.2) is 36.6 Å². The van der Waals surface area contributed by atoms with Crippen molar-refractivity contribution in [2.24, 2.45) is 10.9 Å². The molecule has 0 heterocycles. The Morgan fingerprint density at radius 1 is 1.53 bits per heavy atom. The molecule has 0 aliphatic heterocycles. The van der Waals surface area contributed by atoms with Crippen molar-refractivity contribution in [3.63, 3.8) is 0 Å². The second kappa shape index (κ2) is 6.75. The molecule has 0 bridgehead atoms. The van der Waals surface area contributed by atoms with Crippen molar-refractivity contribution in [3.05, 3.63) is 29.8 Å². The summed E-state index contributed by atoms with van der Waals surface area (Å²) >= 11 is 0. The van der Waals surface area contributed by atoms with Crippen LogP contribution in [0.3, 0.4) is 0 Å². The first-order chi connectivity index (χ1) is 8.15. The number of nitrogens with zero attached hydrogens (tertiary/aromatic N) is 2. The first kappa shape index (κ1) is 13.3. The molecule has 0 unspecified atom stereocenters. The molecule has 5 nitrogen and oxygen atoms in total. The molecule has 1 rings (SSSR count). The van der Waals surface area contributed by atoms with E-state index in [0.29, 0.717) is 6.42 Å². The average Bonchev–Trinajstić information content (AvgIpc) is 2.36. The van der Waals surface area contributed by atoms with Crippen LogP contribution in [0.4, 0.5) is 0 Å². The van der Waals surface area contributed by atoms with Crippen molar-refractivity contribution < 1.29 is 9.94 Å². The van der Waals surface area contributed by atoms with Crippen LogP contribution in [0.5, 0.6) is 5.75 Å². The lowest BCUT2D eigenvalue weighted by molar-refractivity contribution is 0.309. The lowest BCUT2D eigenvalue weighted by Gasteiger charge is -2.16. The SMILES string of the molecule is COc1cccc(CN(C)CC/C(N)=N/O)c1. The molecular formula is C12H19N3O2. The maximum Gasteiger partial charge on any atom is 0.140 e. The monoisotopic (exact) mass is 237 g/mol. The number of methoxy groups -OCH3 is 1. The number of nitrogens with two attached hydrogens (primary N) is 1. The zero-order chi connectivity index (χ0) is 12.7. The summed E-state index contributed by atoms with van der Waals surface area (Å²) in [4.78, 5) is 2.10. The predicted octanol–water partition coefficient (Wildman–Crippen LogP) is 1.26. The fourth-order valence-corrected chi connectivity index (χ4v) is 1.52. The van der Waals surface area contributed by atoms with Gasteiger partial charge in [0.15, 0.2) is 0 Å². The third-order valence-corrected chi connectivity index (χ3v) is 2.46. The predicted molar refractivity (Wildman–Crippen MR) is 67.4 cm³/mol. The van der Waals surface area contributed by atoms with E-state index in [1.165, 1.54) is 5.56 Å². The Hall–Kier alpha value is -1.75. The summed E-state index contributed by atoms with van der Waals surface area (Å²) in [6.45, 7) is 1.54. The fourth-order valence-electron chi connectivity index (χ4n) is 1.52. The number of rotatable bonds is 6. The topological polar surface area (TPSA) is 71.1 Å². The Morgan fingerprint density at radius 2 is 2.29 bits per heavy atom. The first-order valence-electron chi connectivity index (χ1n) is 5.43. The van der Waals surface area contributed by atoms with Crippen LogP contribution in [-0.2, 0) is 6.54 Å². The van der Waals surface area contributed by atoms with E-state index in [2.05, 4.69) is 10.1 Å². The number of hydrogen-bond donors (Lipinski definition) is 2. The highest BCUT2D eigenvalue weighted by Gasteiger charge is 2.03. The molecule has 94 valence electrons. The van der Waals surface area contributed by atoms with Gasteiger partial charge in [0.1, 0.15) is 11.6 Å². The largest absolute Gasteiger partial charge is 0.497 e. The fraction of sp³-hybridized carbons (Fsp3) is 0.417. The van der Waals surface area contributed by atoms with E-state index in [1.807, 2.05) is 31.3 Å². The second-order valence-electron chi connectivity index (χ2n) is 3.93. The third-order valence-electron chi connectivity index (χ3n) is 2.46. The van der Waals surface area contributed by atoms with Crippen molar-refractivity contribution in [2.75, 3.05) is 20.7 Å². The highest BCUT2D eigenvalue weighted by Crippen LogP contribution is 2.13. The Bertz CT molecular complexity index is 380. The maximum atomic E-state index is 8.43. The molecule has 0 aliphatic rings. The summed E-state index contributed by atoms with van der Waals surface area (Å²) in [5.41, 5.74) is 6.59. The molecule has 0 atom stereocenters. The number of amidine groups is 1. The minimum Gasteiger partial charge on any atom is -0.497 e. The summed E-state index contributed by atoms with van der Waals surface area (Å²) in [7, 11) is 3.64. The maximum absolute atomic E-state index is 8.43. The van der Waals surface area contributed by atoms with Crippen LogP contribution in [0, 0.1) is 0 Å². The van der Waals surface area contributed by atoms with Gasteiger partial charge in [-0.25, -0.2) is 0 Å². The molecule has 1 aromatic rings. The summed E-state index contributed by atoms with van der Waals surface area (Å²) in [6, 6.07) is 7.92. The number of benzene rings is 1. The molecule has 3 N–H and O–H groups in total. The van der Waals surface area contributed by atoms with Gasteiger partial charge in [0, 0.05) is 19.5 Å². The van der Waals surface area contributed by atoms with E-state index >= 15 is 0 Å². The Morgan fingerprint density at radius 3 is 2.94 bits per heavy atom. The molecule has 0 amide bonds. The molecule has 0 aliphatic carbocycles. The summed E-state index contributed by atoms with van der Waals surface area (Å²) in [5.74, 6) is 1.11. The van der Waals surface area contributed by atoms with Crippen LogP contribution < -0.4 is 10.5 Å². The highest BCUT2D eigenvalue weighted by molar-refractivity contribution is 5.79. The number of hydrogen-bond acceptors (Lipinski definition) is 4. The first-order valence-corrected chi connectivity index (χ1v) is 5.43. The molecular weight excluding hydrogens is 218 g/mol. The number of ether oxygens (including phenoxy) is 1. The third kappa shape index (κ3) is 4.74. The second-order valence-corrected chi connectivity index (χ2v) is 3.93. The van der Waals surface area contributed by atoms with Gasteiger partial charge in [-0.15, -0.1) is 0 Å². The normalized spacial score (nSPS) is 11.8. The zero-order valence-electron chi connectivity index (χ0n) is 10.3. The Balaban J connectivity index is 2.47.